The molecule has 0 saturated heterocycles. The van der Waals surface area contributed by atoms with E-state index < -0.39 is 5.97 Å². The molecule has 6 heteroatoms. The van der Waals surface area contributed by atoms with Crippen molar-refractivity contribution in [3.8, 4) is 0 Å². The number of nitrogens with one attached hydrogen (secondary N) is 1. The van der Waals surface area contributed by atoms with Gasteiger partial charge in [0, 0.05) is 12.8 Å². The first-order valence-electron chi connectivity index (χ1n) is 6.14. The van der Waals surface area contributed by atoms with Crippen molar-refractivity contribution >= 4 is 17.6 Å². The maximum atomic E-state index is 11.7. The van der Waals surface area contributed by atoms with Crippen LogP contribution >= 0.6 is 0 Å². The number of esters is 1. The van der Waals surface area contributed by atoms with Gasteiger partial charge in [-0.05, 0) is 24.6 Å². The number of carbonyl (C=O) groups is 2. The van der Waals surface area contributed by atoms with Crippen LogP contribution in [0.2, 0.25) is 0 Å². The Hall–Kier alpha value is -1.92. The third kappa shape index (κ3) is 4.99. The number of benzene rings is 1. The standard InChI is InChI=1S/C14H19NO5/c1-10-4-5-11(14(17)19-3)8-12(10)15-13(16)9-20-7-6-18-2/h4-5,8H,6-7,9H2,1-3H3,(H,15,16). The van der Waals surface area contributed by atoms with Gasteiger partial charge in [-0.25, -0.2) is 4.79 Å². The van der Waals surface area contributed by atoms with Gasteiger partial charge in [-0.1, -0.05) is 6.07 Å². The monoisotopic (exact) mass is 281 g/mol. The molecule has 0 aliphatic carbocycles. The van der Waals surface area contributed by atoms with Gasteiger partial charge in [0.1, 0.15) is 6.61 Å². The number of carbonyl (C=O) groups excluding carboxylic acids is 2. The van der Waals surface area contributed by atoms with E-state index in [0.29, 0.717) is 24.5 Å². The van der Waals surface area contributed by atoms with E-state index in [1.807, 2.05) is 6.92 Å². The van der Waals surface area contributed by atoms with Gasteiger partial charge in [0.25, 0.3) is 0 Å². The fourth-order valence-corrected chi connectivity index (χ4v) is 1.49. The summed E-state index contributed by atoms with van der Waals surface area (Å²) >= 11 is 0. The Morgan fingerprint density at radius 2 is 1.95 bits per heavy atom. The molecule has 0 saturated carbocycles. The molecule has 0 aromatic heterocycles. The molecular weight excluding hydrogens is 262 g/mol. The highest BCUT2D eigenvalue weighted by atomic mass is 16.5. The SMILES string of the molecule is COCCOCC(=O)Nc1cc(C(=O)OC)ccc1C. The number of methoxy groups -OCH3 is 2. The third-order valence-corrected chi connectivity index (χ3v) is 2.60. The molecule has 0 radical (unpaired) electrons. The zero-order chi connectivity index (χ0) is 15.0. The summed E-state index contributed by atoms with van der Waals surface area (Å²) in [6.45, 7) is 2.56. The van der Waals surface area contributed by atoms with Crippen LogP contribution in [0.4, 0.5) is 5.69 Å². The Bertz CT molecular complexity index is 473. The molecule has 0 unspecified atom stereocenters. The van der Waals surface area contributed by atoms with Crippen LogP contribution in [0.5, 0.6) is 0 Å². The van der Waals surface area contributed by atoms with Gasteiger partial charge < -0.3 is 19.5 Å². The van der Waals surface area contributed by atoms with Gasteiger partial charge in [-0.15, -0.1) is 0 Å². The average Bonchev–Trinajstić information content (AvgIpc) is 2.45. The molecule has 0 bridgehead atoms. The summed E-state index contributed by atoms with van der Waals surface area (Å²) < 4.78 is 14.6. The quantitative estimate of drug-likeness (QED) is 0.604. The summed E-state index contributed by atoms with van der Waals surface area (Å²) in [6, 6.07) is 4.97. The molecule has 1 amide bonds. The lowest BCUT2D eigenvalue weighted by atomic mass is 10.1. The molecule has 1 aromatic rings. The molecule has 110 valence electrons. The maximum Gasteiger partial charge on any atom is 0.337 e. The van der Waals surface area contributed by atoms with E-state index in [2.05, 4.69) is 10.1 Å². The zero-order valence-corrected chi connectivity index (χ0v) is 11.9. The number of amides is 1. The van der Waals surface area contributed by atoms with Gasteiger partial charge in [-0.3, -0.25) is 4.79 Å². The van der Waals surface area contributed by atoms with Crippen LogP contribution in [0, 0.1) is 6.92 Å². The van der Waals surface area contributed by atoms with Gasteiger partial charge in [0.2, 0.25) is 5.91 Å². The van der Waals surface area contributed by atoms with Crippen molar-refractivity contribution in [3.63, 3.8) is 0 Å². The van der Waals surface area contributed by atoms with Crippen LogP contribution in [0.25, 0.3) is 0 Å². The highest BCUT2D eigenvalue weighted by Crippen LogP contribution is 2.17. The van der Waals surface area contributed by atoms with E-state index in [1.54, 1.807) is 25.3 Å². The first-order valence-corrected chi connectivity index (χ1v) is 6.14. The molecule has 1 N–H and O–H groups in total. The second-order valence-corrected chi connectivity index (χ2v) is 4.11. The van der Waals surface area contributed by atoms with Crippen LogP contribution in [-0.4, -0.2) is 45.9 Å². The highest BCUT2D eigenvalue weighted by molar-refractivity contribution is 5.95. The molecule has 0 fully saturated rings. The summed E-state index contributed by atoms with van der Waals surface area (Å²) in [5, 5.41) is 2.69. The maximum absolute atomic E-state index is 11.7. The summed E-state index contributed by atoms with van der Waals surface area (Å²) in [5.41, 5.74) is 1.80. The lowest BCUT2D eigenvalue weighted by Gasteiger charge is -2.10. The molecule has 20 heavy (non-hydrogen) atoms. The predicted molar refractivity (Wildman–Crippen MR) is 73.8 cm³/mol. The largest absolute Gasteiger partial charge is 0.465 e. The molecule has 1 aromatic carbocycles. The fraction of sp³-hybridized carbons (Fsp3) is 0.429. The number of ether oxygens (including phenoxy) is 3. The minimum atomic E-state index is -0.447. The molecule has 0 aliphatic rings. The van der Waals surface area contributed by atoms with Crippen molar-refractivity contribution in [3.05, 3.63) is 29.3 Å². The first-order chi connectivity index (χ1) is 9.58. The van der Waals surface area contributed by atoms with Crippen LogP contribution in [0.3, 0.4) is 0 Å². The van der Waals surface area contributed by atoms with Crippen molar-refractivity contribution < 1.29 is 23.8 Å². The van der Waals surface area contributed by atoms with E-state index in [9.17, 15) is 9.59 Å². The molecule has 0 spiro atoms. The number of hydrogen-bond acceptors (Lipinski definition) is 5. The van der Waals surface area contributed by atoms with E-state index in [1.165, 1.54) is 7.11 Å². The Kier molecular flexibility index (Phi) is 6.69. The highest BCUT2D eigenvalue weighted by Gasteiger charge is 2.10. The van der Waals surface area contributed by atoms with Crippen LogP contribution in [0.15, 0.2) is 18.2 Å². The Labute approximate surface area is 118 Å². The number of hydrogen-bond donors (Lipinski definition) is 1. The van der Waals surface area contributed by atoms with Crippen molar-refractivity contribution in [2.75, 3.05) is 39.4 Å². The molecule has 0 aliphatic heterocycles. The molecule has 1 rings (SSSR count). The van der Waals surface area contributed by atoms with E-state index in [0.717, 1.165) is 5.56 Å². The molecule has 6 nitrogen and oxygen atoms in total. The zero-order valence-electron chi connectivity index (χ0n) is 11.9. The Balaban J connectivity index is 2.62. The molecule has 0 heterocycles. The van der Waals surface area contributed by atoms with E-state index in [-0.39, 0.29) is 12.5 Å². The van der Waals surface area contributed by atoms with Gasteiger partial charge in [-0.2, -0.15) is 0 Å². The smallest absolute Gasteiger partial charge is 0.337 e. The first kappa shape index (κ1) is 16.1. The minimum Gasteiger partial charge on any atom is -0.465 e. The van der Waals surface area contributed by atoms with Gasteiger partial charge >= 0.3 is 5.97 Å². The molecule has 0 atom stereocenters. The second-order valence-electron chi connectivity index (χ2n) is 4.11. The molecular formula is C14H19NO5. The summed E-state index contributed by atoms with van der Waals surface area (Å²) in [5.74, 6) is -0.733. The van der Waals surface area contributed by atoms with Crippen molar-refractivity contribution in [2.24, 2.45) is 0 Å². The van der Waals surface area contributed by atoms with Crippen LogP contribution in [-0.2, 0) is 19.0 Å². The average molecular weight is 281 g/mol. The van der Waals surface area contributed by atoms with Crippen LogP contribution in [0.1, 0.15) is 15.9 Å². The predicted octanol–water partition coefficient (Wildman–Crippen LogP) is 1.38. The Morgan fingerprint density at radius 1 is 1.20 bits per heavy atom. The Morgan fingerprint density at radius 3 is 2.60 bits per heavy atom. The number of anilines is 1. The minimum absolute atomic E-state index is 0.0642. The van der Waals surface area contributed by atoms with Crippen molar-refractivity contribution in [1.29, 1.82) is 0 Å². The third-order valence-electron chi connectivity index (χ3n) is 2.60. The topological polar surface area (TPSA) is 73.9 Å². The van der Waals surface area contributed by atoms with E-state index in [4.69, 9.17) is 9.47 Å². The lowest BCUT2D eigenvalue weighted by molar-refractivity contribution is -0.121. The van der Waals surface area contributed by atoms with Crippen molar-refractivity contribution in [1.82, 2.24) is 0 Å². The van der Waals surface area contributed by atoms with E-state index >= 15 is 0 Å². The summed E-state index contributed by atoms with van der Waals surface area (Å²) in [4.78, 5) is 23.1. The van der Waals surface area contributed by atoms with Gasteiger partial charge in [0.05, 0.1) is 25.9 Å². The van der Waals surface area contributed by atoms with Crippen molar-refractivity contribution in [2.45, 2.75) is 6.92 Å². The lowest BCUT2D eigenvalue weighted by Crippen LogP contribution is -2.20. The number of aryl methyl sites for hydroxylation is 1. The second kappa shape index (κ2) is 8.29. The fourth-order valence-electron chi connectivity index (χ4n) is 1.49. The van der Waals surface area contributed by atoms with Crippen LogP contribution < -0.4 is 5.32 Å². The van der Waals surface area contributed by atoms with Gasteiger partial charge in [0.15, 0.2) is 0 Å². The summed E-state index contributed by atoms with van der Waals surface area (Å²) in [6.07, 6.45) is 0. The normalized spacial score (nSPS) is 10.2. The number of rotatable bonds is 7. The summed E-state index contributed by atoms with van der Waals surface area (Å²) in [7, 11) is 2.87.